The summed E-state index contributed by atoms with van der Waals surface area (Å²) in [6, 6.07) is 8.05. The van der Waals surface area contributed by atoms with Crippen molar-refractivity contribution in [1.82, 2.24) is 0 Å². The quantitative estimate of drug-likeness (QED) is 0.200. The Morgan fingerprint density at radius 2 is 1.67 bits per heavy atom. The molecular formula is C35H46O14. The fourth-order valence-electron chi connectivity index (χ4n) is 9.09. The number of ether oxygens (including phenoxy) is 6. The second-order valence-electron chi connectivity index (χ2n) is 14.8. The number of aliphatic hydroxyl groups excluding tert-OH is 4. The first-order chi connectivity index (χ1) is 23.0. The Labute approximate surface area is 283 Å². The average molecular weight is 691 g/mol. The summed E-state index contributed by atoms with van der Waals surface area (Å²) < 4.78 is 36.3. The Hall–Kier alpha value is -2.79. The third-order valence-corrected chi connectivity index (χ3v) is 11.9. The molecule has 4 fully saturated rings. The first-order valence-corrected chi connectivity index (χ1v) is 16.5. The molecule has 2 heterocycles. The van der Waals surface area contributed by atoms with Crippen molar-refractivity contribution in [3.05, 3.63) is 47.0 Å². The number of carbonyl (C=O) groups is 3. The van der Waals surface area contributed by atoms with Crippen LogP contribution in [0.15, 0.2) is 41.5 Å². The second kappa shape index (κ2) is 12.5. The van der Waals surface area contributed by atoms with Crippen LogP contribution in [0.3, 0.4) is 0 Å². The van der Waals surface area contributed by atoms with Gasteiger partial charge in [0.15, 0.2) is 17.7 Å². The van der Waals surface area contributed by atoms with Gasteiger partial charge in [0.05, 0.1) is 42.3 Å². The molecule has 2 saturated heterocycles. The van der Waals surface area contributed by atoms with Gasteiger partial charge in [-0.1, -0.05) is 32.0 Å². The van der Waals surface area contributed by atoms with E-state index in [2.05, 4.69) is 0 Å². The van der Waals surface area contributed by atoms with Gasteiger partial charge in [0, 0.05) is 32.3 Å². The van der Waals surface area contributed by atoms with Gasteiger partial charge in [-0.3, -0.25) is 9.59 Å². The van der Waals surface area contributed by atoms with E-state index < -0.39 is 101 Å². The van der Waals surface area contributed by atoms with Gasteiger partial charge < -0.3 is 54.0 Å². The normalized spacial score (nSPS) is 44.4. The van der Waals surface area contributed by atoms with Crippen LogP contribution < -0.4 is 0 Å². The number of ketones is 1. The zero-order valence-corrected chi connectivity index (χ0v) is 28.4. The van der Waals surface area contributed by atoms with Gasteiger partial charge in [0.25, 0.3) is 0 Å². The molecule has 13 atom stereocenters. The molecule has 2 bridgehead atoms. The van der Waals surface area contributed by atoms with E-state index in [1.807, 2.05) is 0 Å². The maximum atomic E-state index is 15.4. The van der Waals surface area contributed by atoms with Crippen molar-refractivity contribution >= 4 is 17.7 Å². The molecule has 5 aliphatic rings. The summed E-state index contributed by atoms with van der Waals surface area (Å²) in [5.41, 5.74) is -6.12. The highest BCUT2D eigenvalue weighted by Crippen LogP contribution is 2.64. The van der Waals surface area contributed by atoms with Crippen LogP contribution >= 0.6 is 0 Å². The van der Waals surface area contributed by atoms with Gasteiger partial charge in [-0.25, -0.2) is 4.79 Å². The van der Waals surface area contributed by atoms with Crippen molar-refractivity contribution < 1.29 is 68.3 Å². The van der Waals surface area contributed by atoms with E-state index in [-0.39, 0.29) is 31.6 Å². The van der Waals surface area contributed by atoms with Gasteiger partial charge in [-0.05, 0) is 37.1 Å². The molecule has 2 aliphatic heterocycles. The molecule has 5 N–H and O–H groups in total. The number of methoxy groups -OCH3 is 1. The van der Waals surface area contributed by atoms with Crippen molar-refractivity contribution in [3.8, 4) is 0 Å². The molecule has 0 spiro atoms. The molecule has 0 unspecified atom stereocenters. The number of carbonyl (C=O) groups excluding carboxylic acids is 3. The van der Waals surface area contributed by atoms with Gasteiger partial charge in [-0.15, -0.1) is 0 Å². The number of hydrogen-bond donors (Lipinski definition) is 5. The Kier molecular flexibility index (Phi) is 9.16. The Morgan fingerprint density at radius 3 is 2.27 bits per heavy atom. The van der Waals surface area contributed by atoms with E-state index in [1.54, 1.807) is 45.9 Å². The van der Waals surface area contributed by atoms with Crippen LogP contribution in [0.25, 0.3) is 0 Å². The lowest BCUT2D eigenvalue weighted by Gasteiger charge is -2.68. The van der Waals surface area contributed by atoms with E-state index in [4.69, 9.17) is 28.4 Å². The number of aliphatic hydroxyl groups is 5. The fourth-order valence-corrected chi connectivity index (χ4v) is 9.09. The number of esters is 2. The summed E-state index contributed by atoms with van der Waals surface area (Å²) in [6.07, 6.45) is -13.1. The number of benzene rings is 1. The van der Waals surface area contributed by atoms with E-state index in [1.165, 1.54) is 26.2 Å². The molecule has 1 aromatic rings. The first-order valence-electron chi connectivity index (χ1n) is 16.5. The van der Waals surface area contributed by atoms with Crippen LogP contribution in [0.2, 0.25) is 0 Å². The Balaban J connectivity index is 1.61. The molecular weight excluding hydrogens is 644 g/mol. The monoisotopic (exact) mass is 690 g/mol. The first kappa shape index (κ1) is 36.0. The third-order valence-electron chi connectivity index (χ3n) is 11.9. The van der Waals surface area contributed by atoms with Crippen molar-refractivity contribution in [2.24, 2.45) is 16.7 Å². The van der Waals surface area contributed by atoms with Crippen molar-refractivity contribution in [2.45, 2.75) is 114 Å². The second-order valence-corrected chi connectivity index (χ2v) is 14.8. The van der Waals surface area contributed by atoms with Crippen LogP contribution in [0.4, 0.5) is 0 Å². The van der Waals surface area contributed by atoms with E-state index in [0.29, 0.717) is 11.1 Å². The maximum absolute atomic E-state index is 15.4. The lowest BCUT2D eigenvalue weighted by atomic mass is 9.44. The summed E-state index contributed by atoms with van der Waals surface area (Å²) in [5.74, 6) is -3.52. The zero-order chi connectivity index (χ0) is 35.8. The van der Waals surface area contributed by atoms with Crippen molar-refractivity contribution in [3.63, 3.8) is 0 Å². The van der Waals surface area contributed by atoms with E-state index in [0.717, 1.165) is 0 Å². The summed E-state index contributed by atoms with van der Waals surface area (Å²) in [5, 5.41) is 56.0. The maximum Gasteiger partial charge on any atom is 0.338 e. The van der Waals surface area contributed by atoms with Crippen LogP contribution in [-0.2, 0) is 38.0 Å². The number of rotatable bonds is 6. The minimum Gasteiger partial charge on any atom is -0.455 e. The van der Waals surface area contributed by atoms with Gasteiger partial charge in [-0.2, -0.15) is 0 Å². The lowest BCUT2D eigenvalue weighted by Crippen LogP contribution is -2.82. The molecule has 14 nitrogen and oxygen atoms in total. The topological polar surface area (TPSA) is 208 Å². The predicted molar refractivity (Wildman–Crippen MR) is 167 cm³/mol. The summed E-state index contributed by atoms with van der Waals surface area (Å²) in [4.78, 5) is 42.2. The van der Waals surface area contributed by atoms with E-state index >= 15 is 4.79 Å². The highest BCUT2D eigenvalue weighted by Gasteiger charge is 2.78. The molecule has 3 aliphatic carbocycles. The number of fused-ring (bicyclic) bond motifs is 5. The molecule has 0 radical (unpaired) electrons. The summed E-state index contributed by atoms with van der Waals surface area (Å²) in [6.45, 7) is 7.17. The highest BCUT2D eigenvalue weighted by molar-refractivity contribution is 5.94. The molecule has 270 valence electrons. The fraction of sp³-hybridized carbons (Fsp3) is 0.686. The minimum absolute atomic E-state index is 0.0878. The highest BCUT2D eigenvalue weighted by atomic mass is 16.7. The van der Waals surface area contributed by atoms with Gasteiger partial charge in [0.1, 0.15) is 42.2 Å². The van der Waals surface area contributed by atoms with Gasteiger partial charge in [0.2, 0.25) is 0 Å². The Morgan fingerprint density at radius 1 is 1.00 bits per heavy atom. The largest absolute Gasteiger partial charge is 0.455 e. The summed E-state index contributed by atoms with van der Waals surface area (Å²) in [7, 11) is 1.33. The average Bonchev–Trinajstić information content (AvgIpc) is 3.05. The standard InChI is InChI=1S/C35H46O14/c1-16-19(37)13-35(43)29(48-30(42)18-10-8-7-9-11-18)27-33(5,28(41)26(44-6)23(16)32(35,3)4)21(12-22-34(27,15-46-22)49-17(2)36)47-31-25(40)24(39)20(38)14-45-31/h7-11,19-22,24-27,29,31,37-40,43H,12-15H2,1-6H3/t19-,20+,21-,22+,24-,25+,26+,27-,29-,31-,33+,34-,35+/m0/s1. The smallest absolute Gasteiger partial charge is 0.338 e. The minimum atomic E-state index is -2.11. The zero-order valence-electron chi connectivity index (χ0n) is 28.4. The predicted octanol–water partition coefficient (Wildman–Crippen LogP) is 0.199. The summed E-state index contributed by atoms with van der Waals surface area (Å²) >= 11 is 0. The molecule has 6 rings (SSSR count). The Bertz CT molecular complexity index is 1510. The van der Waals surface area contributed by atoms with Gasteiger partial charge >= 0.3 is 11.9 Å². The molecule has 0 aromatic heterocycles. The van der Waals surface area contributed by atoms with Crippen LogP contribution in [0.5, 0.6) is 0 Å². The third kappa shape index (κ3) is 5.22. The molecule has 2 saturated carbocycles. The van der Waals surface area contributed by atoms with Crippen LogP contribution in [0, 0.1) is 16.7 Å². The molecule has 1 aromatic carbocycles. The van der Waals surface area contributed by atoms with Crippen LogP contribution in [-0.4, -0.2) is 130 Å². The SMILES string of the molecule is CO[C@H]1C(=O)[C@]2(C)[C@@H](O[C@@H]3OC[C@@H](O)[C@H](O)[C@H]3O)C[C@H]3OC[C@@]3(OC(C)=O)[C@H]2[C@H](OC(=O)c2ccccc2)[C@]2(O)C[C@H](O)C(C)=C1C2(C)C. The van der Waals surface area contributed by atoms with Crippen molar-refractivity contribution in [2.75, 3.05) is 20.3 Å². The van der Waals surface area contributed by atoms with E-state index in [9.17, 15) is 35.1 Å². The molecule has 49 heavy (non-hydrogen) atoms. The van der Waals surface area contributed by atoms with Crippen LogP contribution in [0.1, 0.15) is 57.8 Å². The lowest BCUT2D eigenvalue weighted by molar-refractivity contribution is -0.366. The van der Waals surface area contributed by atoms with Crippen molar-refractivity contribution in [1.29, 1.82) is 0 Å². The number of hydrogen-bond acceptors (Lipinski definition) is 14. The molecule has 14 heteroatoms. The molecule has 0 amide bonds. The number of Topliss-reactive ketones (excluding diaryl/α,β-unsaturated/α-hetero) is 1.